The maximum Gasteiger partial charge on any atom is 0.326 e. The van der Waals surface area contributed by atoms with Gasteiger partial charge < -0.3 is 47.7 Å². The van der Waals surface area contributed by atoms with Crippen LogP contribution in [0.1, 0.15) is 31.4 Å². The van der Waals surface area contributed by atoms with E-state index in [0.29, 0.717) is 5.69 Å². The minimum absolute atomic E-state index is 0.0443. The molecule has 4 unspecified atom stereocenters. The summed E-state index contributed by atoms with van der Waals surface area (Å²) in [5.41, 5.74) is 11.3. The van der Waals surface area contributed by atoms with Crippen LogP contribution in [0.5, 0.6) is 0 Å². The van der Waals surface area contributed by atoms with Crippen molar-refractivity contribution in [2.24, 2.45) is 11.5 Å². The number of hydrogen-bond acceptors (Lipinski definition) is 9. The number of aromatic amines is 1. The molecule has 0 spiro atoms. The number of carbonyl (C=O) groups is 6. The summed E-state index contributed by atoms with van der Waals surface area (Å²) in [4.78, 5) is 77.2. The number of nitrogens with two attached hydrogens (primary N) is 2. The van der Waals surface area contributed by atoms with Crippen molar-refractivity contribution in [3.63, 3.8) is 0 Å². The summed E-state index contributed by atoms with van der Waals surface area (Å²) >= 11 is 0. The minimum atomic E-state index is -1.64. The topological polar surface area (TPSA) is 280 Å². The summed E-state index contributed by atoms with van der Waals surface area (Å²) in [6.45, 7) is -0.946. The number of aliphatic hydroxyl groups is 1. The van der Waals surface area contributed by atoms with Crippen molar-refractivity contribution in [1.29, 1.82) is 0 Å². The summed E-state index contributed by atoms with van der Waals surface area (Å²) < 4.78 is 0. The molecule has 0 aromatic carbocycles. The van der Waals surface area contributed by atoms with Crippen LogP contribution in [-0.4, -0.2) is 91.6 Å². The first-order chi connectivity index (χ1) is 16.4. The molecule has 11 N–H and O–H groups in total. The lowest BCUT2D eigenvalue weighted by atomic mass is 10.1. The van der Waals surface area contributed by atoms with Gasteiger partial charge in [-0.1, -0.05) is 0 Å². The van der Waals surface area contributed by atoms with Crippen molar-refractivity contribution in [3.8, 4) is 0 Å². The van der Waals surface area contributed by atoms with Gasteiger partial charge >= 0.3 is 11.9 Å². The molecule has 1 aromatic heterocycles. The van der Waals surface area contributed by atoms with E-state index in [4.69, 9.17) is 16.6 Å². The number of rotatable bonds is 16. The first kappa shape index (κ1) is 29.0. The average Bonchev–Trinajstić information content (AvgIpc) is 3.29. The molecule has 0 saturated carbocycles. The predicted octanol–water partition coefficient (Wildman–Crippen LogP) is -4.06. The van der Waals surface area contributed by atoms with Crippen molar-refractivity contribution >= 4 is 35.6 Å². The first-order valence-corrected chi connectivity index (χ1v) is 10.4. The predicted molar refractivity (Wildman–Crippen MR) is 116 cm³/mol. The Balaban J connectivity index is 2.85. The van der Waals surface area contributed by atoms with Crippen LogP contribution in [0.2, 0.25) is 0 Å². The number of nitrogens with one attached hydrogen (secondary N) is 4. The standard InChI is InChI=1S/C19H29N7O9/c20-10(5-9-6-22-8-23-9)16(31)24-11(2-4-15(29)30)17(32)26-13(7-27)18(33)25-12(19(34)35)1-3-14(21)28/h6,8,10-13,27H,1-5,7,20H2,(H2,21,28)(H,22,23)(H,24,31)(H,25,33)(H,26,32)(H,29,30)(H,34,35). The van der Waals surface area contributed by atoms with Crippen LogP contribution in [-0.2, 0) is 35.2 Å². The molecule has 194 valence electrons. The molecule has 16 heteroatoms. The van der Waals surface area contributed by atoms with E-state index in [1.54, 1.807) is 0 Å². The molecular formula is C19H29N7O9. The number of amides is 4. The fourth-order valence-electron chi connectivity index (χ4n) is 2.82. The molecule has 16 nitrogen and oxygen atoms in total. The van der Waals surface area contributed by atoms with E-state index in [2.05, 4.69) is 25.9 Å². The highest BCUT2D eigenvalue weighted by Crippen LogP contribution is 2.03. The second-order valence-electron chi connectivity index (χ2n) is 7.53. The number of aliphatic carboxylic acids is 2. The van der Waals surface area contributed by atoms with Gasteiger partial charge in [-0.05, 0) is 12.8 Å². The second-order valence-corrected chi connectivity index (χ2v) is 7.53. The fourth-order valence-corrected chi connectivity index (χ4v) is 2.82. The van der Waals surface area contributed by atoms with Crippen molar-refractivity contribution in [1.82, 2.24) is 25.9 Å². The lowest BCUT2D eigenvalue weighted by Crippen LogP contribution is -2.58. The minimum Gasteiger partial charge on any atom is -0.481 e. The lowest BCUT2D eigenvalue weighted by molar-refractivity contribution is -0.143. The Kier molecular flexibility index (Phi) is 11.8. The number of hydrogen-bond donors (Lipinski definition) is 9. The van der Waals surface area contributed by atoms with Crippen molar-refractivity contribution in [2.45, 2.75) is 56.3 Å². The number of nitrogens with zero attached hydrogens (tertiary/aromatic N) is 1. The molecule has 1 heterocycles. The second kappa shape index (κ2) is 14.3. The lowest BCUT2D eigenvalue weighted by Gasteiger charge is -2.24. The third-order valence-electron chi connectivity index (χ3n) is 4.72. The SMILES string of the molecule is NC(=O)CCC(NC(=O)C(CO)NC(=O)C(CCC(=O)O)NC(=O)C(N)Cc1cnc[nH]1)C(=O)O. The van der Waals surface area contributed by atoms with Crippen LogP contribution in [0.25, 0.3) is 0 Å². The van der Waals surface area contributed by atoms with Crippen molar-refractivity contribution in [3.05, 3.63) is 18.2 Å². The normalized spacial score (nSPS) is 14.1. The molecule has 0 saturated heterocycles. The van der Waals surface area contributed by atoms with Gasteiger partial charge in [0.05, 0.1) is 19.0 Å². The molecule has 0 aliphatic rings. The summed E-state index contributed by atoms with van der Waals surface area (Å²) in [5.74, 6) is -6.40. The van der Waals surface area contributed by atoms with E-state index in [1.165, 1.54) is 12.5 Å². The number of imidazole rings is 1. The van der Waals surface area contributed by atoms with E-state index in [-0.39, 0.29) is 25.7 Å². The molecule has 0 bridgehead atoms. The van der Waals surface area contributed by atoms with E-state index >= 15 is 0 Å². The van der Waals surface area contributed by atoms with Gasteiger partial charge in [0.2, 0.25) is 23.6 Å². The Morgan fingerprint density at radius 1 is 0.914 bits per heavy atom. The van der Waals surface area contributed by atoms with Gasteiger partial charge in [0, 0.05) is 31.2 Å². The van der Waals surface area contributed by atoms with Crippen LogP contribution in [0.3, 0.4) is 0 Å². The van der Waals surface area contributed by atoms with Crippen LogP contribution >= 0.6 is 0 Å². The highest BCUT2D eigenvalue weighted by Gasteiger charge is 2.30. The zero-order valence-corrected chi connectivity index (χ0v) is 18.6. The molecule has 1 aromatic rings. The highest BCUT2D eigenvalue weighted by molar-refractivity contribution is 5.94. The van der Waals surface area contributed by atoms with Crippen LogP contribution in [0.4, 0.5) is 0 Å². The Morgan fingerprint density at radius 3 is 2.00 bits per heavy atom. The number of carboxylic acid groups (broad SMARTS) is 2. The number of carbonyl (C=O) groups excluding carboxylic acids is 4. The molecular weight excluding hydrogens is 470 g/mol. The number of carboxylic acids is 2. The Bertz CT molecular complexity index is 906. The third kappa shape index (κ3) is 10.6. The largest absolute Gasteiger partial charge is 0.481 e. The number of H-pyrrole nitrogens is 1. The summed E-state index contributed by atoms with van der Waals surface area (Å²) in [7, 11) is 0. The molecule has 4 amide bonds. The zero-order chi connectivity index (χ0) is 26.5. The summed E-state index contributed by atoms with van der Waals surface area (Å²) in [6.07, 6.45) is 1.33. The average molecular weight is 499 g/mol. The molecule has 0 radical (unpaired) electrons. The van der Waals surface area contributed by atoms with Crippen LogP contribution < -0.4 is 27.4 Å². The molecule has 35 heavy (non-hydrogen) atoms. The van der Waals surface area contributed by atoms with Crippen LogP contribution in [0, 0.1) is 0 Å². The van der Waals surface area contributed by atoms with Gasteiger partial charge in [0.25, 0.3) is 0 Å². The first-order valence-electron chi connectivity index (χ1n) is 10.4. The number of aliphatic hydroxyl groups excluding tert-OH is 1. The highest BCUT2D eigenvalue weighted by atomic mass is 16.4. The quantitative estimate of drug-likeness (QED) is 0.105. The summed E-state index contributed by atoms with van der Waals surface area (Å²) in [6, 6.07) is -5.71. The Morgan fingerprint density at radius 2 is 1.49 bits per heavy atom. The molecule has 1 rings (SSSR count). The van der Waals surface area contributed by atoms with Crippen LogP contribution in [0.15, 0.2) is 12.5 Å². The smallest absolute Gasteiger partial charge is 0.326 e. The van der Waals surface area contributed by atoms with E-state index in [9.17, 15) is 39.0 Å². The molecule has 0 aliphatic carbocycles. The number of aromatic nitrogens is 2. The van der Waals surface area contributed by atoms with Gasteiger partial charge in [-0.25, -0.2) is 9.78 Å². The zero-order valence-electron chi connectivity index (χ0n) is 18.6. The fraction of sp³-hybridized carbons (Fsp3) is 0.526. The van der Waals surface area contributed by atoms with Crippen molar-refractivity contribution in [2.75, 3.05) is 6.61 Å². The maximum absolute atomic E-state index is 12.7. The van der Waals surface area contributed by atoms with Gasteiger partial charge in [-0.3, -0.25) is 24.0 Å². The molecule has 0 fully saturated rings. The van der Waals surface area contributed by atoms with E-state index in [1.807, 2.05) is 0 Å². The molecule has 4 atom stereocenters. The van der Waals surface area contributed by atoms with E-state index < -0.39 is 72.8 Å². The summed E-state index contributed by atoms with van der Waals surface area (Å²) in [5, 5.41) is 34.2. The van der Waals surface area contributed by atoms with E-state index in [0.717, 1.165) is 0 Å². The Hall–Kier alpha value is -4.05. The van der Waals surface area contributed by atoms with Gasteiger partial charge in [-0.2, -0.15) is 0 Å². The number of primary amides is 1. The molecule has 0 aliphatic heterocycles. The van der Waals surface area contributed by atoms with Gasteiger partial charge in [0.15, 0.2) is 0 Å². The Labute approximate surface area is 198 Å². The van der Waals surface area contributed by atoms with Crippen molar-refractivity contribution < 1.29 is 44.1 Å². The van der Waals surface area contributed by atoms with Gasteiger partial charge in [-0.15, -0.1) is 0 Å². The third-order valence-corrected chi connectivity index (χ3v) is 4.72. The maximum atomic E-state index is 12.7. The van der Waals surface area contributed by atoms with Gasteiger partial charge in [0.1, 0.15) is 18.1 Å². The monoisotopic (exact) mass is 499 g/mol.